The van der Waals surface area contributed by atoms with E-state index in [1.54, 1.807) is 27.7 Å². The van der Waals surface area contributed by atoms with Gasteiger partial charge in [-0.3, -0.25) is 4.79 Å². The summed E-state index contributed by atoms with van der Waals surface area (Å²) in [5, 5.41) is 5.11. The molecule has 0 fully saturated rings. The summed E-state index contributed by atoms with van der Waals surface area (Å²) in [5.41, 5.74) is 0.144. The summed E-state index contributed by atoms with van der Waals surface area (Å²) in [6.45, 7) is 7.35. The lowest BCUT2D eigenvalue weighted by atomic mass is 10.1. The number of hydrogen-bond donors (Lipinski definition) is 1. The van der Waals surface area contributed by atoms with E-state index in [0.717, 1.165) is 20.9 Å². The Morgan fingerprint density at radius 3 is 2.38 bits per heavy atom. The smallest absolute Gasteiger partial charge is 0.329 e. The van der Waals surface area contributed by atoms with Gasteiger partial charge in [-0.05, 0) is 45.2 Å². The van der Waals surface area contributed by atoms with Crippen molar-refractivity contribution in [2.24, 2.45) is 0 Å². The summed E-state index contributed by atoms with van der Waals surface area (Å²) < 4.78 is 11.4. The van der Waals surface area contributed by atoms with E-state index in [2.05, 4.69) is 21.2 Å². The number of esters is 2. The fourth-order valence-corrected chi connectivity index (χ4v) is 3.04. The summed E-state index contributed by atoms with van der Waals surface area (Å²) in [7, 11) is 0. The molecule has 26 heavy (non-hydrogen) atoms. The Kier molecular flexibility index (Phi) is 6.64. The number of nitrogens with one attached hydrogen (secondary N) is 1. The van der Waals surface area contributed by atoms with E-state index in [1.807, 2.05) is 36.4 Å². The third kappa shape index (κ3) is 5.46. The SMILES string of the molecule is CCOC(=O)[C@@H](CC(=O)OC(C)(C)C)Nc1ccc(Br)c2ccccc12. The highest BCUT2D eigenvalue weighted by atomic mass is 79.9. The minimum absolute atomic E-state index is 0.111. The van der Waals surface area contributed by atoms with E-state index in [1.165, 1.54) is 0 Å². The van der Waals surface area contributed by atoms with Gasteiger partial charge in [0.05, 0.1) is 13.0 Å². The van der Waals surface area contributed by atoms with Crippen LogP contribution in [-0.2, 0) is 19.1 Å². The van der Waals surface area contributed by atoms with Crippen molar-refractivity contribution in [3.05, 3.63) is 40.9 Å². The zero-order valence-corrected chi connectivity index (χ0v) is 17.1. The molecule has 0 amide bonds. The molecule has 0 saturated carbocycles. The first kappa shape index (κ1) is 20.2. The van der Waals surface area contributed by atoms with Crippen LogP contribution < -0.4 is 5.32 Å². The molecule has 0 spiro atoms. The van der Waals surface area contributed by atoms with Crippen molar-refractivity contribution >= 4 is 44.3 Å². The lowest BCUT2D eigenvalue weighted by molar-refractivity contribution is -0.158. The minimum atomic E-state index is -0.825. The van der Waals surface area contributed by atoms with Gasteiger partial charge >= 0.3 is 11.9 Å². The fraction of sp³-hybridized carbons (Fsp3) is 0.400. The zero-order valence-electron chi connectivity index (χ0n) is 15.5. The number of hydrogen-bond acceptors (Lipinski definition) is 5. The molecule has 2 rings (SSSR count). The van der Waals surface area contributed by atoms with Crippen molar-refractivity contribution in [1.29, 1.82) is 0 Å². The zero-order chi connectivity index (χ0) is 19.3. The molecule has 5 nitrogen and oxygen atoms in total. The largest absolute Gasteiger partial charge is 0.464 e. The first-order valence-electron chi connectivity index (χ1n) is 8.53. The lowest BCUT2D eigenvalue weighted by Crippen LogP contribution is -2.36. The molecule has 140 valence electrons. The number of carbonyl (C=O) groups is 2. The predicted molar refractivity (Wildman–Crippen MR) is 106 cm³/mol. The highest BCUT2D eigenvalue weighted by Crippen LogP contribution is 2.30. The van der Waals surface area contributed by atoms with Crippen LogP contribution in [0, 0.1) is 0 Å². The molecular weight excluding hydrogens is 398 g/mol. The van der Waals surface area contributed by atoms with E-state index in [-0.39, 0.29) is 13.0 Å². The number of rotatable bonds is 6. The Balaban J connectivity index is 2.28. The van der Waals surface area contributed by atoms with Crippen molar-refractivity contribution in [2.45, 2.75) is 45.8 Å². The Morgan fingerprint density at radius 1 is 1.12 bits per heavy atom. The third-order valence-electron chi connectivity index (χ3n) is 3.56. The summed E-state index contributed by atoms with van der Waals surface area (Å²) in [6.07, 6.45) is -0.111. The van der Waals surface area contributed by atoms with Crippen molar-refractivity contribution in [3.8, 4) is 0 Å². The maximum absolute atomic E-state index is 12.3. The first-order valence-corrected chi connectivity index (χ1v) is 9.33. The molecule has 0 unspecified atom stereocenters. The number of anilines is 1. The first-order chi connectivity index (χ1) is 12.2. The quantitative estimate of drug-likeness (QED) is 0.685. The molecule has 0 saturated heterocycles. The molecule has 2 aromatic rings. The van der Waals surface area contributed by atoms with Crippen LogP contribution in [0.1, 0.15) is 34.1 Å². The lowest BCUT2D eigenvalue weighted by Gasteiger charge is -2.23. The molecular formula is C20H24BrNO4. The molecule has 0 radical (unpaired) electrons. The molecule has 1 atom stereocenters. The topological polar surface area (TPSA) is 64.6 Å². The Hall–Kier alpha value is -2.08. The summed E-state index contributed by atoms with van der Waals surface area (Å²) in [6, 6.07) is 10.8. The molecule has 0 aliphatic carbocycles. The standard InChI is InChI=1S/C20H24BrNO4/c1-5-25-19(24)17(12-18(23)26-20(2,3)4)22-16-11-10-15(21)13-8-6-7-9-14(13)16/h6-11,17,22H,5,12H2,1-4H3/t17-/m1/s1. The van der Waals surface area contributed by atoms with Crippen LogP contribution in [0.5, 0.6) is 0 Å². The van der Waals surface area contributed by atoms with Gasteiger partial charge in [-0.25, -0.2) is 4.79 Å². The third-order valence-corrected chi connectivity index (χ3v) is 4.25. The monoisotopic (exact) mass is 421 g/mol. The fourth-order valence-electron chi connectivity index (χ4n) is 2.56. The van der Waals surface area contributed by atoms with E-state index < -0.39 is 23.6 Å². The van der Waals surface area contributed by atoms with Gasteiger partial charge < -0.3 is 14.8 Å². The van der Waals surface area contributed by atoms with E-state index in [4.69, 9.17) is 9.47 Å². The maximum Gasteiger partial charge on any atom is 0.329 e. The maximum atomic E-state index is 12.3. The predicted octanol–water partition coefficient (Wildman–Crippen LogP) is 4.68. The molecule has 0 bridgehead atoms. The van der Waals surface area contributed by atoms with Gasteiger partial charge in [-0.15, -0.1) is 0 Å². The van der Waals surface area contributed by atoms with Gasteiger partial charge in [-0.2, -0.15) is 0 Å². The molecule has 2 aromatic carbocycles. The van der Waals surface area contributed by atoms with Gasteiger partial charge in [-0.1, -0.05) is 40.2 Å². The summed E-state index contributed by atoms with van der Waals surface area (Å²) in [4.78, 5) is 24.6. The van der Waals surface area contributed by atoms with Crippen molar-refractivity contribution in [2.75, 3.05) is 11.9 Å². The number of carbonyl (C=O) groups excluding carboxylic acids is 2. The number of benzene rings is 2. The number of ether oxygens (including phenoxy) is 2. The second kappa shape index (κ2) is 8.54. The van der Waals surface area contributed by atoms with Crippen LogP contribution in [0.15, 0.2) is 40.9 Å². The van der Waals surface area contributed by atoms with Gasteiger partial charge in [0.2, 0.25) is 0 Å². The van der Waals surface area contributed by atoms with Crippen molar-refractivity contribution in [3.63, 3.8) is 0 Å². The average molecular weight is 422 g/mol. The minimum Gasteiger partial charge on any atom is -0.464 e. The molecule has 6 heteroatoms. The summed E-state index contributed by atoms with van der Waals surface area (Å²) in [5.74, 6) is -0.935. The van der Waals surface area contributed by atoms with Crippen LogP contribution in [0.25, 0.3) is 10.8 Å². The second-order valence-electron chi connectivity index (χ2n) is 6.88. The molecule has 0 aliphatic rings. The number of halogens is 1. The van der Waals surface area contributed by atoms with E-state index >= 15 is 0 Å². The van der Waals surface area contributed by atoms with Gasteiger partial charge in [0.15, 0.2) is 0 Å². The van der Waals surface area contributed by atoms with Crippen LogP contribution in [0.3, 0.4) is 0 Å². The Bertz CT molecular complexity index is 798. The summed E-state index contributed by atoms with van der Waals surface area (Å²) >= 11 is 3.53. The van der Waals surface area contributed by atoms with Gasteiger partial charge in [0.25, 0.3) is 0 Å². The average Bonchev–Trinajstić information content (AvgIpc) is 2.55. The van der Waals surface area contributed by atoms with Crippen LogP contribution in [0.2, 0.25) is 0 Å². The Morgan fingerprint density at radius 2 is 1.77 bits per heavy atom. The van der Waals surface area contributed by atoms with Crippen molar-refractivity contribution in [1.82, 2.24) is 0 Å². The molecule has 0 aromatic heterocycles. The molecule has 0 heterocycles. The van der Waals surface area contributed by atoms with Crippen LogP contribution in [0.4, 0.5) is 5.69 Å². The van der Waals surface area contributed by atoms with Crippen LogP contribution in [-0.4, -0.2) is 30.2 Å². The highest BCUT2D eigenvalue weighted by Gasteiger charge is 2.27. The van der Waals surface area contributed by atoms with Gasteiger partial charge in [0, 0.05) is 15.5 Å². The normalized spacial score (nSPS) is 12.5. The van der Waals surface area contributed by atoms with Crippen molar-refractivity contribution < 1.29 is 19.1 Å². The number of fused-ring (bicyclic) bond motifs is 1. The van der Waals surface area contributed by atoms with E-state index in [0.29, 0.717) is 0 Å². The second-order valence-corrected chi connectivity index (χ2v) is 7.73. The van der Waals surface area contributed by atoms with Crippen LogP contribution >= 0.6 is 15.9 Å². The molecule has 1 N–H and O–H groups in total. The van der Waals surface area contributed by atoms with Gasteiger partial charge in [0.1, 0.15) is 11.6 Å². The Labute approximate surface area is 162 Å². The van der Waals surface area contributed by atoms with E-state index in [9.17, 15) is 9.59 Å². The molecule has 0 aliphatic heterocycles. The highest BCUT2D eigenvalue weighted by molar-refractivity contribution is 9.10.